The summed E-state index contributed by atoms with van der Waals surface area (Å²) in [5.41, 5.74) is 0.0247. The number of benzene rings is 1. The second kappa shape index (κ2) is 8.11. The molecule has 1 N–H and O–H groups in total. The zero-order chi connectivity index (χ0) is 18.6. The fourth-order valence-electron chi connectivity index (χ4n) is 3.21. The number of piperidine rings is 1. The Morgan fingerprint density at radius 2 is 1.96 bits per heavy atom. The van der Waals surface area contributed by atoms with Crippen molar-refractivity contribution in [2.45, 2.75) is 25.2 Å². The summed E-state index contributed by atoms with van der Waals surface area (Å²) in [6.07, 6.45) is 0.981. The highest BCUT2D eigenvalue weighted by atomic mass is 32.2. The summed E-state index contributed by atoms with van der Waals surface area (Å²) in [5, 5.41) is 14.2. The Kier molecular flexibility index (Phi) is 6.36. The molecule has 0 aliphatic carbocycles. The molecule has 1 aliphatic rings. The summed E-state index contributed by atoms with van der Waals surface area (Å²) >= 11 is 0. The number of hydrogen-bond acceptors (Lipinski definition) is 6. The number of nitro benzene ring substituents is 1. The second-order valence-electron chi connectivity index (χ2n) is 6.62. The first-order valence-electron chi connectivity index (χ1n) is 8.27. The van der Waals surface area contributed by atoms with Gasteiger partial charge in [-0.3, -0.25) is 10.1 Å². The smallest absolute Gasteiger partial charge is 0.293 e. The fraction of sp³-hybridized carbons (Fsp3) is 0.625. The van der Waals surface area contributed by atoms with Crippen molar-refractivity contribution in [3.63, 3.8) is 0 Å². The zero-order valence-electron chi connectivity index (χ0n) is 14.8. The maximum Gasteiger partial charge on any atom is 0.293 e. The van der Waals surface area contributed by atoms with Gasteiger partial charge in [0.05, 0.1) is 16.4 Å². The van der Waals surface area contributed by atoms with Crippen LogP contribution >= 0.6 is 0 Å². The molecule has 0 amide bonds. The molecule has 0 radical (unpaired) electrons. The van der Waals surface area contributed by atoms with Gasteiger partial charge in [-0.1, -0.05) is 13.8 Å². The van der Waals surface area contributed by atoms with Gasteiger partial charge in [0.25, 0.3) is 5.69 Å². The molecule has 0 saturated carbocycles. The van der Waals surface area contributed by atoms with E-state index in [9.17, 15) is 18.5 Å². The van der Waals surface area contributed by atoms with Crippen molar-refractivity contribution in [1.82, 2.24) is 4.31 Å². The molecule has 1 aromatic rings. The summed E-state index contributed by atoms with van der Waals surface area (Å²) in [4.78, 5) is 10.7. The highest BCUT2D eigenvalue weighted by Crippen LogP contribution is 2.31. The Morgan fingerprint density at radius 1 is 1.32 bits per heavy atom. The molecule has 8 nitrogen and oxygen atoms in total. The topological polar surface area (TPSA) is 102 Å². The van der Waals surface area contributed by atoms with Crippen LogP contribution in [0.5, 0.6) is 0 Å². The molecule has 1 aromatic carbocycles. The van der Waals surface area contributed by atoms with Gasteiger partial charge in [0.2, 0.25) is 10.0 Å². The summed E-state index contributed by atoms with van der Waals surface area (Å²) in [6.45, 7) is 5.70. The van der Waals surface area contributed by atoms with Gasteiger partial charge in [0.15, 0.2) is 0 Å². The van der Waals surface area contributed by atoms with Crippen molar-refractivity contribution in [2.75, 3.05) is 38.7 Å². The first kappa shape index (κ1) is 19.6. The van der Waals surface area contributed by atoms with Crippen molar-refractivity contribution >= 4 is 21.4 Å². The lowest BCUT2D eigenvalue weighted by atomic mass is 9.94. The number of hydrogen-bond donors (Lipinski definition) is 1. The van der Waals surface area contributed by atoms with Crippen LogP contribution in [0, 0.1) is 22.0 Å². The molecule has 1 saturated heterocycles. The van der Waals surface area contributed by atoms with E-state index in [0.29, 0.717) is 26.2 Å². The fourth-order valence-corrected chi connectivity index (χ4v) is 4.91. The van der Waals surface area contributed by atoms with Crippen LogP contribution in [0.3, 0.4) is 0 Å². The maximum absolute atomic E-state index is 12.9. The molecule has 2 atom stereocenters. The van der Waals surface area contributed by atoms with Crippen molar-refractivity contribution < 1.29 is 18.1 Å². The molecule has 1 aliphatic heterocycles. The molecule has 2 rings (SSSR count). The Hall–Kier alpha value is -1.71. The third-order valence-corrected chi connectivity index (χ3v) is 6.09. The largest absolute Gasteiger partial charge is 0.383 e. The van der Waals surface area contributed by atoms with E-state index in [1.165, 1.54) is 23.5 Å². The quantitative estimate of drug-likeness (QED) is 0.448. The van der Waals surface area contributed by atoms with E-state index in [4.69, 9.17) is 4.74 Å². The number of methoxy groups -OCH3 is 1. The predicted molar refractivity (Wildman–Crippen MR) is 95.2 cm³/mol. The van der Waals surface area contributed by atoms with E-state index < -0.39 is 14.9 Å². The lowest BCUT2D eigenvalue weighted by molar-refractivity contribution is -0.384. The molecule has 0 bridgehead atoms. The van der Waals surface area contributed by atoms with Gasteiger partial charge in [-0.2, -0.15) is 4.31 Å². The molecule has 25 heavy (non-hydrogen) atoms. The van der Waals surface area contributed by atoms with Gasteiger partial charge < -0.3 is 10.1 Å². The van der Waals surface area contributed by atoms with Crippen molar-refractivity contribution in [3.8, 4) is 0 Å². The lowest BCUT2D eigenvalue weighted by Crippen LogP contribution is -2.42. The number of ether oxygens (including phenoxy) is 1. The van der Waals surface area contributed by atoms with Crippen LogP contribution in [-0.2, 0) is 14.8 Å². The minimum atomic E-state index is -3.75. The Balaban J connectivity index is 2.31. The van der Waals surface area contributed by atoms with E-state index in [0.717, 1.165) is 12.5 Å². The van der Waals surface area contributed by atoms with E-state index in [1.807, 2.05) is 13.8 Å². The second-order valence-corrected chi connectivity index (χ2v) is 8.56. The van der Waals surface area contributed by atoms with Crippen LogP contribution in [0.2, 0.25) is 0 Å². The SMILES string of the molecule is COCCNc1ccc(S(=O)(=O)N2C[C@H](C)C[C@@H](C)C2)cc1[N+](=O)[O-]. The molecular weight excluding hydrogens is 346 g/mol. The molecular formula is C16H25N3O5S. The minimum absolute atomic E-state index is 0.0437. The van der Waals surface area contributed by atoms with Crippen LogP contribution in [0.15, 0.2) is 23.1 Å². The average Bonchev–Trinajstić information content (AvgIpc) is 2.54. The number of nitrogens with one attached hydrogen (secondary N) is 1. The number of nitrogens with zero attached hydrogens (tertiary/aromatic N) is 2. The van der Waals surface area contributed by atoms with E-state index >= 15 is 0 Å². The van der Waals surface area contributed by atoms with E-state index in [1.54, 1.807) is 0 Å². The van der Waals surface area contributed by atoms with Gasteiger partial charge in [0.1, 0.15) is 5.69 Å². The van der Waals surface area contributed by atoms with Gasteiger partial charge in [-0.15, -0.1) is 0 Å². The molecule has 1 heterocycles. The summed E-state index contributed by atoms with van der Waals surface area (Å²) in [6, 6.07) is 3.99. The first-order chi connectivity index (χ1) is 11.8. The number of nitro groups is 1. The molecule has 0 aromatic heterocycles. The standard InChI is InChI=1S/C16H25N3O5S/c1-12-8-13(2)11-18(10-12)25(22,23)14-4-5-15(17-6-7-24-3)16(9-14)19(20)21/h4-5,9,12-13,17H,6-8,10-11H2,1-3H3/t12-,13-/m1/s1. The zero-order valence-corrected chi connectivity index (χ0v) is 15.6. The Labute approximate surface area is 148 Å². The van der Waals surface area contributed by atoms with Crippen molar-refractivity contribution in [1.29, 1.82) is 0 Å². The van der Waals surface area contributed by atoms with Gasteiger partial charge in [-0.05, 0) is 30.4 Å². The van der Waals surface area contributed by atoms with Crippen molar-refractivity contribution in [3.05, 3.63) is 28.3 Å². The normalized spacial score (nSPS) is 21.9. The van der Waals surface area contributed by atoms with Gasteiger partial charge >= 0.3 is 0 Å². The summed E-state index contributed by atoms with van der Waals surface area (Å²) in [7, 11) is -2.22. The summed E-state index contributed by atoms with van der Waals surface area (Å²) in [5.74, 6) is 0.534. The molecule has 140 valence electrons. The molecule has 1 fully saturated rings. The van der Waals surface area contributed by atoms with Crippen LogP contribution in [0.25, 0.3) is 0 Å². The Morgan fingerprint density at radius 3 is 2.52 bits per heavy atom. The third kappa shape index (κ3) is 4.68. The lowest BCUT2D eigenvalue weighted by Gasteiger charge is -2.34. The van der Waals surface area contributed by atoms with Crippen molar-refractivity contribution in [2.24, 2.45) is 11.8 Å². The third-order valence-electron chi connectivity index (χ3n) is 4.26. The average molecular weight is 371 g/mol. The minimum Gasteiger partial charge on any atom is -0.383 e. The molecule has 0 spiro atoms. The van der Waals surface area contributed by atoms with E-state index in [-0.39, 0.29) is 28.1 Å². The highest BCUT2D eigenvalue weighted by Gasteiger charge is 2.33. The Bertz CT molecular complexity index is 712. The monoisotopic (exact) mass is 371 g/mol. The number of anilines is 1. The maximum atomic E-state index is 12.9. The van der Waals surface area contributed by atoms with Crippen LogP contribution in [0.1, 0.15) is 20.3 Å². The van der Waals surface area contributed by atoms with E-state index in [2.05, 4.69) is 5.32 Å². The molecule has 0 unspecified atom stereocenters. The molecule has 9 heteroatoms. The summed E-state index contributed by atoms with van der Waals surface area (Å²) < 4.78 is 32.1. The van der Waals surface area contributed by atoms with Crippen LogP contribution in [0.4, 0.5) is 11.4 Å². The highest BCUT2D eigenvalue weighted by molar-refractivity contribution is 7.89. The van der Waals surface area contributed by atoms with Gasteiger partial charge in [-0.25, -0.2) is 8.42 Å². The number of sulfonamides is 1. The van der Waals surface area contributed by atoms with Gasteiger partial charge in [0, 0.05) is 32.8 Å². The van der Waals surface area contributed by atoms with Crippen LogP contribution in [-0.4, -0.2) is 51.0 Å². The predicted octanol–water partition coefficient (Wildman–Crippen LogP) is 2.32. The number of rotatable bonds is 7. The van der Waals surface area contributed by atoms with Crippen LogP contribution < -0.4 is 5.32 Å². The first-order valence-corrected chi connectivity index (χ1v) is 9.71.